The average Bonchev–Trinajstić information content (AvgIpc) is 2.11. The number of amides is 2. The third kappa shape index (κ3) is 8.99. The largest absolute Gasteiger partial charge is 0.370 e. The average molecular weight is 201 g/mol. The number of hydrogen-bond donors (Lipinski definition) is 3. The molecule has 0 fully saturated rings. The standard InChI is InChI=1S/C9H19N3O2/c1-2-12-9(14)7-11-6-4-3-5-8(10)13/h11H,2-7H2,1H3,(H2,10,13)(H,12,14). The Bertz CT molecular complexity index is 183. The second-order valence-corrected chi connectivity index (χ2v) is 3.05. The fourth-order valence-corrected chi connectivity index (χ4v) is 1.01. The van der Waals surface area contributed by atoms with Crippen molar-refractivity contribution in [2.45, 2.75) is 26.2 Å². The minimum atomic E-state index is -0.270. The van der Waals surface area contributed by atoms with Crippen molar-refractivity contribution in [3.05, 3.63) is 0 Å². The minimum Gasteiger partial charge on any atom is -0.370 e. The van der Waals surface area contributed by atoms with Gasteiger partial charge in [-0.3, -0.25) is 9.59 Å². The van der Waals surface area contributed by atoms with Crippen molar-refractivity contribution in [3.8, 4) is 0 Å². The van der Waals surface area contributed by atoms with Crippen LogP contribution in [-0.2, 0) is 9.59 Å². The van der Waals surface area contributed by atoms with E-state index in [0.29, 0.717) is 19.5 Å². The molecule has 0 unspecified atom stereocenters. The van der Waals surface area contributed by atoms with Gasteiger partial charge in [0.1, 0.15) is 0 Å². The van der Waals surface area contributed by atoms with Crippen LogP contribution in [0, 0.1) is 0 Å². The highest BCUT2D eigenvalue weighted by Gasteiger charge is 1.98. The zero-order valence-electron chi connectivity index (χ0n) is 8.64. The van der Waals surface area contributed by atoms with E-state index in [-0.39, 0.29) is 11.8 Å². The first kappa shape index (κ1) is 12.9. The molecule has 0 saturated heterocycles. The number of nitrogens with two attached hydrogens (primary N) is 1. The maximum Gasteiger partial charge on any atom is 0.233 e. The molecule has 0 rings (SSSR count). The van der Waals surface area contributed by atoms with Crippen molar-refractivity contribution in [3.63, 3.8) is 0 Å². The molecule has 0 aliphatic heterocycles. The molecule has 0 aromatic rings. The number of likely N-dealkylation sites (N-methyl/N-ethyl adjacent to an activating group) is 1. The molecule has 0 bridgehead atoms. The number of rotatable bonds is 8. The molecule has 0 aromatic carbocycles. The van der Waals surface area contributed by atoms with E-state index in [1.807, 2.05) is 6.92 Å². The number of hydrogen-bond acceptors (Lipinski definition) is 3. The van der Waals surface area contributed by atoms with Gasteiger partial charge in [0, 0.05) is 13.0 Å². The van der Waals surface area contributed by atoms with Crippen LogP contribution in [0.3, 0.4) is 0 Å². The number of carbonyl (C=O) groups excluding carboxylic acids is 2. The number of unbranched alkanes of at least 4 members (excludes halogenated alkanes) is 1. The van der Waals surface area contributed by atoms with Gasteiger partial charge in [-0.05, 0) is 26.3 Å². The summed E-state index contributed by atoms with van der Waals surface area (Å²) >= 11 is 0. The van der Waals surface area contributed by atoms with Crippen molar-refractivity contribution in [2.24, 2.45) is 5.73 Å². The van der Waals surface area contributed by atoms with Crippen molar-refractivity contribution >= 4 is 11.8 Å². The van der Waals surface area contributed by atoms with Gasteiger partial charge < -0.3 is 16.4 Å². The molecule has 0 heterocycles. The van der Waals surface area contributed by atoms with E-state index in [4.69, 9.17) is 5.73 Å². The van der Waals surface area contributed by atoms with Gasteiger partial charge in [-0.1, -0.05) is 0 Å². The Kier molecular flexibility index (Phi) is 7.83. The molecule has 14 heavy (non-hydrogen) atoms. The van der Waals surface area contributed by atoms with Crippen LogP contribution in [0.25, 0.3) is 0 Å². The van der Waals surface area contributed by atoms with Crippen molar-refractivity contribution in [1.29, 1.82) is 0 Å². The van der Waals surface area contributed by atoms with E-state index in [1.165, 1.54) is 0 Å². The Morgan fingerprint density at radius 2 is 2.00 bits per heavy atom. The Morgan fingerprint density at radius 3 is 2.57 bits per heavy atom. The van der Waals surface area contributed by atoms with Crippen molar-refractivity contribution in [2.75, 3.05) is 19.6 Å². The molecule has 0 spiro atoms. The number of carbonyl (C=O) groups is 2. The Labute approximate surface area is 84.4 Å². The SMILES string of the molecule is CCNC(=O)CNCCCCC(N)=O. The van der Waals surface area contributed by atoms with Crippen LogP contribution >= 0.6 is 0 Å². The predicted octanol–water partition coefficient (Wildman–Crippen LogP) is -0.632. The molecule has 82 valence electrons. The summed E-state index contributed by atoms with van der Waals surface area (Å²) in [7, 11) is 0. The van der Waals surface area contributed by atoms with Crippen LogP contribution in [0.1, 0.15) is 26.2 Å². The maximum atomic E-state index is 10.9. The number of nitrogens with one attached hydrogen (secondary N) is 2. The van der Waals surface area contributed by atoms with Gasteiger partial charge in [0.05, 0.1) is 6.54 Å². The highest BCUT2D eigenvalue weighted by Crippen LogP contribution is 1.91. The summed E-state index contributed by atoms with van der Waals surface area (Å²) < 4.78 is 0. The van der Waals surface area contributed by atoms with Crippen LogP contribution < -0.4 is 16.4 Å². The monoisotopic (exact) mass is 201 g/mol. The number of primary amides is 1. The third-order valence-corrected chi connectivity index (χ3v) is 1.69. The first-order valence-corrected chi connectivity index (χ1v) is 4.92. The van der Waals surface area contributed by atoms with E-state index in [9.17, 15) is 9.59 Å². The Morgan fingerprint density at radius 1 is 1.29 bits per heavy atom. The first-order chi connectivity index (χ1) is 6.66. The van der Waals surface area contributed by atoms with Crippen molar-refractivity contribution < 1.29 is 9.59 Å². The first-order valence-electron chi connectivity index (χ1n) is 4.92. The lowest BCUT2D eigenvalue weighted by atomic mass is 10.2. The lowest BCUT2D eigenvalue weighted by Crippen LogP contribution is -2.34. The molecule has 0 aromatic heterocycles. The van der Waals surface area contributed by atoms with Crippen LogP contribution in [0.2, 0.25) is 0 Å². The lowest BCUT2D eigenvalue weighted by Gasteiger charge is -2.03. The minimum absolute atomic E-state index is 0.00222. The van der Waals surface area contributed by atoms with E-state index in [2.05, 4.69) is 10.6 Å². The molecule has 5 heteroatoms. The normalized spacial score (nSPS) is 9.79. The summed E-state index contributed by atoms with van der Waals surface area (Å²) in [6.07, 6.45) is 2.06. The summed E-state index contributed by atoms with van der Waals surface area (Å²) in [6.45, 7) is 3.61. The van der Waals surface area contributed by atoms with Crippen LogP contribution in [0.15, 0.2) is 0 Å². The molecule has 0 saturated carbocycles. The molecular weight excluding hydrogens is 182 g/mol. The van der Waals surface area contributed by atoms with E-state index >= 15 is 0 Å². The molecule has 0 aliphatic rings. The summed E-state index contributed by atoms with van der Waals surface area (Å²) in [6, 6.07) is 0. The van der Waals surface area contributed by atoms with Crippen LogP contribution in [0.4, 0.5) is 0 Å². The highest BCUT2D eigenvalue weighted by molar-refractivity contribution is 5.77. The smallest absolute Gasteiger partial charge is 0.233 e. The lowest BCUT2D eigenvalue weighted by molar-refractivity contribution is -0.120. The van der Waals surface area contributed by atoms with Gasteiger partial charge in [-0.15, -0.1) is 0 Å². The fraction of sp³-hybridized carbons (Fsp3) is 0.778. The van der Waals surface area contributed by atoms with E-state index in [1.54, 1.807) is 0 Å². The summed E-state index contributed by atoms with van der Waals surface area (Å²) in [5.74, 6) is -0.267. The molecule has 2 amide bonds. The fourth-order valence-electron chi connectivity index (χ4n) is 1.01. The molecule has 0 atom stereocenters. The quantitative estimate of drug-likeness (QED) is 0.457. The van der Waals surface area contributed by atoms with Gasteiger partial charge in [0.25, 0.3) is 0 Å². The molecule has 5 nitrogen and oxygen atoms in total. The summed E-state index contributed by atoms with van der Waals surface area (Å²) in [5.41, 5.74) is 4.97. The van der Waals surface area contributed by atoms with E-state index in [0.717, 1.165) is 19.4 Å². The van der Waals surface area contributed by atoms with Crippen LogP contribution in [0.5, 0.6) is 0 Å². The van der Waals surface area contributed by atoms with Crippen LogP contribution in [-0.4, -0.2) is 31.4 Å². The van der Waals surface area contributed by atoms with Gasteiger partial charge in [0.2, 0.25) is 11.8 Å². The van der Waals surface area contributed by atoms with Gasteiger partial charge >= 0.3 is 0 Å². The Balaban J connectivity index is 3.13. The molecular formula is C9H19N3O2. The maximum absolute atomic E-state index is 10.9. The summed E-state index contributed by atoms with van der Waals surface area (Å²) in [5, 5.41) is 5.66. The van der Waals surface area contributed by atoms with Gasteiger partial charge in [-0.2, -0.15) is 0 Å². The molecule has 0 aliphatic carbocycles. The zero-order chi connectivity index (χ0) is 10.8. The Hall–Kier alpha value is -1.10. The second-order valence-electron chi connectivity index (χ2n) is 3.05. The highest BCUT2D eigenvalue weighted by atomic mass is 16.2. The summed E-state index contributed by atoms with van der Waals surface area (Å²) in [4.78, 5) is 21.3. The van der Waals surface area contributed by atoms with Gasteiger partial charge in [0.15, 0.2) is 0 Å². The molecule has 4 N–H and O–H groups in total. The molecule has 0 radical (unpaired) electrons. The van der Waals surface area contributed by atoms with E-state index < -0.39 is 0 Å². The van der Waals surface area contributed by atoms with Gasteiger partial charge in [-0.25, -0.2) is 0 Å². The topological polar surface area (TPSA) is 84.2 Å². The van der Waals surface area contributed by atoms with Crippen molar-refractivity contribution in [1.82, 2.24) is 10.6 Å². The zero-order valence-corrected chi connectivity index (χ0v) is 8.64. The third-order valence-electron chi connectivity index (χ3n) is 1.69. The predicted molar refractivity (Wildman–Crippen MR) is 54.6 cm³/mol. The second kappa shape index (κ2) is 8.50.